The smallest absolute Gasteiger partial charge is 0.261 e. The standard InChI is InChI=1S/C9H12BrNO3S/c1-13-8(14-2)4-11-9(12)7-3-6(10)5-15-7/h3,5,8H,4H2,1-2H3,(H,11,12). The molecule has 0 fully saturated rings. The van der Waals surface area contributed by atoms with Crippen LogP contribution in [0.2, 0.25) is 0 Å². The third kappa shape index (κ3) is 3.90. The molecule has 0 aliphatic rings. The number of hydrogen-bond acceptors (Lipinski definition) is 4. The number of carbonyl (C=O) groups is 1. The number of ether oxygens (including phenoxy) is 2. The maximum atomic E-state index is 11.6. The lowest BCUT2D eigenvalue weighted by atomic mass is 10.4. The molecule has 0 aliphatic carbocycles. The summed E-state index contributed by atoms with van der Waals surface area (Å²) in [6.45, 7) is 0.335. The topological polar surface area (TPSA) is 47.6 Å². The summed E-state index contributed by atoms with van der Waals surface area (Å²) in [5.41, 5.74) is 0. The normalized spacial score (nSPS) is 10.7. The lowest BCUT2D eigenvalue weighted by Gasteiger charge is -2.13. The highest BCUT2D eigenvalue weighted by molar-refractivity contribution is 9.10. The van der Waals surface area contributed by atoms with E-state index in [1.54, 1.807) is 6.07 Å². The lowest BCUT2D eigenvalue weighted by molar-refractivity contribution is -0.0974. The highest BCUT2D eigenvalue weighted by Gasteiger charge is 2.11. The third-order valence-corrected chi connectivity index (χ3v) is 3.44. The molecule has 1 aromatic rings. The molecule has 0 spiro atoms. The van der Waals surface area contributed by atoms with Crippen LogP contribution in [0.5, 0.6) is 0 Å². The molecule has 0 aromatic carbocycles. The number of carbonyl (C=O) groups excluding carboxylic acids is 1. The molecule has 0 saturated heterocycles. The average Bonchev–Trinajstić information content (AvgIpc) is 2.66. The first kappa shape index (κ1) is 12.6. The fraction of sp³-hybridized carbons (Fsp3) is 0.444. The van der Waals surface area contributed by atoms with Gasteiger partial charge in [0.05, 0.1) is 11.4 Å². The van der Waals surface area contributed by atoms with Crippen LogP contribution >= 0.6 is 27.3 Å². The molecule has 1 N–H and O–H groups in total. The van der Waals surface area contributed by atoms with Crippen molar-refractivity contribution in [3.63, 3.8) is 0 Å². The molecule has 0 saturated carbocycles. The second-order valence-corrected chi connectivity index (χ2v) is 4.57. The lowest BCUT2D eigenvalue weighted by Crippen LogP contribution is -2.33. The molecule has 0 aliphatic heterocycles. The molecule has 4 nitrogen and oxygen atoms in total. The van der Waals surface area contributed by atoms with Crippen molar-refractivity contribution >= 4 is 33.2 Å². The van der Waals surface area contributed by atoms with Crippen LogP contribution < -0.4 is 5.32 Å². The second kappa shape index (κ2) is 6.22. The van der Waals surface area contributed by atoms with Gasteiger partial charge >= 0.3 is 0 Å². The first-order valence-electron chi connectivity index (χ1n) is 4.25. The fourth-order valence-electron chi connectivity index (χ4n) is 0.958. The van der Waals surface area contributed by atoms with Gasteiger partial charge in [-0.2, -0.15) is 0 Å². The second-order valence-electron chi connectivity index (χ2n) is 2.74. The molecule has 0 atom stereocenters. The Morgan fingerprint density at radius 2 is 2.27 bits per heavy atom. The summed E-state index contributed by atoms with van der Waals surface area (Å²) < 4.78 is 10.8. The van der Waals surface area contributed by atoms with Crippen molar-refractivity contribution in [3.05, 3.63) is 20.8 Å². The van der Waals surface area contributed by atoms with Gasteiger partial charge in [-0.1, -0.05) is 0 Å². The van der Waals surface area contributed by atoms with E-state index in [4.69, 9.17) is 9.47 Å². The van der Waals surface area contributed by atoms with Crippen LogP contribution in [0.4, 0.5) is 0 Å². The predicted octanol–water partition coefficient (Wildman–Crippen LogP) is 1.86. The summed E-state index contributed by atoms with van der Waals surface area (Å²) in [5, 5.41) is 4.58. The molecule has 1 aromatic heterocycles. The molecule has 0 unspecified atom stereocenters. The molecular weight excluding hydrogens is 282 g/mol. The van der Waals surface area contributed by atoms with Gasteiger partial charge in [0.1, 0.15) is 0 Å². The minimum absolute atomic E-state index is 0.121. The highest BCUT2D eigenvalue weighted by Crippen LogP contribution is 2.19. The molecule has 0 radical (unpaired) electrons. The van der Waals surface area contributed by atoms with Gasteiger partial charge in [0, 0.05) is 24.1 Å². The molecular formula is C9H12BrNO3S. The first-order valence-corrected chi connectivity index (χ1v) is 5.92. The molecule has 6 heteroatoms. The monoisotopic (exact) mass is 293 g/mol. The van der Waals surface area contributed by atoms with Crippen LogP contribution in [-0.2, 0) is 9.47 Å². The van der Waals surface area contributed by atoms with Crippen LogP contribution in [0.15, 0.2) is 15.9 Å². The Bertz CT molecular complexity index is 325. The Hall–Kier alpha value is -0.430. The summed E-state index contributed by atoms with van der Waals surface area (Å²) in [6, 6.07) is 1.77. The fourth-order valence-corrected chi connectivity index (χ4v) is 2.30. The number of amides is 1. The van der Waals surface area contributed by atoms with E-state index in [9.17, 15) is 4.79 Å². The number of thiophene rings is 1. The van der Waals surface area contributed by atoms with Gasteiger partial charge in [0.25, 0.3) is 5.91 Å². The summed E-state index contributed by atoms with van der Waals surface area (Å²) in [5.74, 6) is -0.121. The van der Waals surface area contributed by atoms with Gasteiger partial charge in [-0.3, -0.25) is 4.79 Å². The number of nitrogens with one attached hydrogen (secondary N) is 1. The molecule has 15 heavy (non-hydrogen) atoms. The van der Waals surface area contributed by atoms with Crippen molar-refractivity contribution < 1.29 is 14.3 Å². The Morgan fingerprint density at radius 3 is 2.73 bits per heavy atom. The molecule has 1 rings (SSSR count). The van der Waals surface area contributed by atoms with E-state index in [-0.39, 0.29) is 5.91 Å². The average molecular weight is 294 g/mol. The van der Waals surface area contributed by atoms with E-state index >= 15 is 0 Å². The Balaban J connectivity index is 2.42. The quantitative estimate of drug-likeness (QED) is 0.843. The van der Waals surface area contributed by atoms with Gasteiger partial charge in [-0.05, 0) is 22.0 Å². The SMILES string of the molecule is COC(CNC(=O)c1cc(Br)cs1)OC. The Labute approximate surface area is 101 Å². The summed E-state index contributed by atoms with van der Waals surface area (Å²) in [4.78, 5) is 12.2. The summed E-state index contributed by atoms with van der Waals surface area (Å²) in [7, 11) is 3.06. The molecule has 1 amide bonds. The van der Waals surface area contributed by atoms with Crippen molar-refractivity contribution in [3.8, 4) is 0 Å². The summed E-state index contributed by atoms with van der Waals surface area (Å²) in [6.07, 6.45) is -0.405. The van der Waals surface area contributed by atoms with Gasteiger partial charge in [-0.25, -0.2) is 0 Å². The van der Waals surface area contributed by atoms with E-state index < -0.39 is 6.29 Å². The zero-order valence-corrected chi connectivity index (χ0v) is 10.9. The summed E-state index contributed by atoms with van der Waals surface area (Å²) >= 11 is 4.67. The van der Waals surface area contributed by atoms with Gasteiger partial charge < -0.3 is 14.8 Å². The van der Waals surface area contributed by atoms with Gasteiger partial charge in [0.2, 0.25) is 0 Å². The minimum atomic E-state index is -0.405. The predicted molar refractivity (Wildman–Crippen MR) is 62.2 cm³/mol. The minimum Gasteiger partial charge on any atom is -0.354 e. The van der Waals surface area contributed by atoms with Crippen LogP contribution in [0.3, 0.4) is 0 Å². The van der Waals surface area contributed by atoms with Crippen molar-refractivity contribution in [1.29, 1.82) is 0 Å². The molecule has 84 valence electrons. The van der Waals surface area contributed by atoms with Crippen LogP contribution in [0.25, 0.3) is 0 Å². The van der Waals surface area contributed by atoms with E-state index in [1.807, 2.05) is 5.38 Å². The van der Waals surface area contributed by atoms with E-state index in [1.165, 1.54) is 25.6 Å². The van der Waals surface area contributed by atoms with Crippen molar-refractivity contribution in [1.82, 2.24) is 5.32 Å². The maximum Gasteiger partial charge on any atom is 0.261 e. The first-order chi connectivity index (χ1) is 7.17. The number of hydrogen-bond donors (Lipinski definition) is 1. The van der Waals surface area contributed by atoms with Gasteiger partial charge in [0.15, 0.2) is 6.29 Å². The Morgan fingerprint density at radius 1 is 1.60 bits per heavy atom. The molecule has 0 bridgehead atoms. The van der Waals surface area contributed by atoms with E-state index in [0.717, 1.165) is 4.47 Å². The zero-order chi connectivity index (χ0) is 11.3. The highest BCUT2D eigenvalue weighted by atomic mass is 79.9. The van der Waals surface area contributed by atoms with Crippen molar-refractivity contribution in [2.75, 3.05) is 20.8 Å². The van der Waals surface area contributed by atoms with E-state index in [0.29, 0.717) is 11.4 Å². The number of halogens is 1. The number of methoxy groups -OCH3 is 2. The number of rotatable bonds is 5. The third-order valence-electron chi connectivity index (χ3n) is 1.75. The van der Waals surface area contributed by atoms with Crippen molar-refractivity contribution in [2.45, 2.75) is 6.29 Å². The van der Waals surface area contributed by atoms with Crippen LogP contribution in [0.1, 0.15) is 9.67 Å². The van der Waals surface area contributed by atoms with E-state index in [2.05, 4.69) is 21.2 Å². The van der Waals surface area contributed by atoms with Gasteiger partial charge in [-0.15, -0.1) is 11.3 Å². The van der Waals surface area contributed by atoms with Crippen LogP contribution in [0, 0.1) is 0 Å². The zero-order valence-electron chi connectivity index (χ0n) is 8.45. The largest absolute Gasteiger partial charge is 0.354 e. The molecule has 1 heterocycles. The Kier molecular flexibility index (Phi) is 5.24. The van der Waals surface area contributed by atoms with Crippen molar-refractivity contribution in [2.24, 2.45) is 0 Å². The van der Waals surface area contributed by atoms with Crippen LogP contribution in [-0.4, -0.2) is 33.0 Å². The maximum absolute atomic E-state index is 11.6.